The van der Waals surface area contributed by atoms with Crippen molar-refractivity contribution in [2.24, 2.45) is 0 Å². The second-order valence-electron chi connectivity index (χ2n) is 9.46. The first-order valence-electron chi connectivity index (χ1n) is 12.3. The number of carbonyl (C=O) groups is 2. The molecule has 2 aliphatic rings. The molecule has 4 rings (SSSR count). The molecule has 0 amide bonds. The summed E-state index contributed by atoms with van der Waals surface area (Å²) in [6, 6.07) is 14.1. The molecule has 1 aromatic heterocycles. The van der Waals surface area contributed by atoms with Crippen LogP contribution in [0.1, 0.15) is 46.2 Å². The standard InChI is InChI=1S/C22H30N2OS.2C2HF3O2/c1-17-7-8-18(26-17)16-23-21-15-22(20-6-4-3-5-19(20)21)9-11-24(12-10-22)13-14-25-2;2*3-2(4,5)1(6)7/h3-8,21,23H,9-16H2,1-2H3;2*(H,6,7). The van der Waals surface area contributed by atoms with Crippen molar-refractivity contribution in [3.8, 4) is 0 Å². The van der Waals surface area contributed by atoms with Crippen molar-refractivity contribution in [2.75, 3.05) is 33.4 Å². The maximum absolute atomic E-state index is 10.6. The van der Waals surface area contributed by atoms with Crippen LogP contribution in [0.25, 0.3) is 0 Å². The van der Waals surface area contributed by atoms with E-state index in [9.17, 15) is 26.3 Å². The van der Waals surface area contributed by atoms with Gasteiger partial charge in [-0.1, -0.05) is 24.3 Å². The lowest BCUT2D eigenvalue weighted by Crippen LogP contribution is -2.43. The number of halogens is 6. The van der Waals surface area contributed by atoms with Crippen LogP contribution in [-0.2, 0) is 26.3 Å². The van der Waals surface area contributed by atoms with Crippen molar-refractivity contribution < 1.29 is 50.9 Å². The number of hydrogen-bond acceptors (Lipinski definition) is 6. The number of nitrogens with one attached hydrogen (secondary N) is 1. The number of hydrogen-bond donors (Lipinski definition) is 3. The van der Waals surface area contributed by atoms with E-state index in [0.29, 0.717) is 11.5 Å². The fourth-order valence-corrected chi connectivity index (χ4v) is 5.62. The molecule has 1 aromatic carbocycles. The Morgan fingerprint density at radius 1 is 1.02 bits per heavy atom. The van der Waals surface area contributed by atoms with Crippen LogP contribution in [0.15, 0.2) is 36.4 Å². The topological polar surface area (TPSA) is 99.1 Å². The fourth-order valence-electron chi connectivity index (χ4n) is 4.78. The Hall–Kier alpha value is -2.68. The maximum Gasteiger partial charge on any atom is 0.490 e. The first-order chi connectivity index (χ1) is 18.6. The second-order valence-corrected chi connectivity index (χ2v) is 10.8. The summed E-state index contributed by atoms with van der Waals surface area (Å²) in [5, 5.41) is 18.1. The van der Waals surface area contributed by atoms with Crippen molar-refractivity contribution in [3.05, 3.63) is 57.3 Å². The van der Waals surface area contributed by atoms with Crippen LogP contribution in [0.5, 0.6) is 0 Å². The number of aryl methyl sites for hydroxylation is 1. The summed E-state index contributed by atoms with van der Waals surface area (Å²) in [6.07, 6.45) is -6.39. The Bertz CT molecular complexity index is 1090. The zero-order valence-electron chi connectivity index (χ0n) is 21.9. The maximum atomic E-state index is 10.6. The van der Waals surface area contributed by atoms with E-state index in [2.05, 4.69) is 53.5 Å². The number of piperidine rings is 1. The van der Waals surface area contributed by atoms with Gasteiger partial charge in [0.2, 0.25) is 0 Å². The predicted molar refractivity (Wildman–Crippen MR) is 136 cm³/mol. The largest absolute Gasteiger partial charge is 0.490 e. The number of nitrogens with zero attached hydrogens (tertiary/aromatic N) is 1. The van der Waals surface area contributed by atoms with Gasteiger partial charge in [-0.25, -0.2) is 9.59 Å². The molecule has 0 saturated carbocycles. The van der Waals surface area contributed by atoms with Gasteiger partial charge >= 0.3 is 24.3 Å². The van der Waals surface area contributed by atoms with Gasteiger partial charge in [-0.2, -0.15) is 26.3 Å². The number of alkyl halides is 6. The highest BCUT2D eigenvalue weighted by atomic mass is 32.1. The summed E-state index contributed by atoms with van der Waals surface area (Å²) in [7, 11) is 1.80. The Balaban J connectivity index is 0.000000333. The highest BCUT2D eigenvalue weighted by molar-refractivity contribution is 7.11. The van der Waals surface area contributed by atoms with E-state index in [-0.39, 0.29) is 0 Å². The molecular formula is C26H32F6N2O5S. The predicted octanol–water partition coefficient (Wildman–Crippen LogP) is 5.54. The van der Waals surface area contributed by atoms with E-state index < -0.39 is 24.3 Å². The minimum absolute atomic E-state index is 0.364. The van der Waals surface area contributed by atoms with Crippen LogP contribution >= 0.6 is 11.3 Å². The highest BCUT2D eigenvalue weighted by Gasteiger charge is 2.45. The van der Waals surface area contributed by atoms with Crippen molar-refractivity contribution in [1.29, 1.82) is 0 Å². The van der Waals surface area contributed by atoms with Gasteiger partial charge in [0.1, 0.15) is 0 Å². The highest BCUT2D eigenvalue weighted by Crippen LogP contribution is 2.50. The minimum Gasteiger partial charge on any atom is -0.475 e. The second kappa shape index (κ2) is 14.3. The molecule has 40 heavy (non-hydrogen) atoms. The van der Waals surface area contributed by atoms with E-state index >= 15 is 0 Å². The van der Waals surface area contributed by atoms with Crippen molar-refractivity contribution in [2.45, 2.75) is 56.5 Å². The third kappa shape index (κ3) is 9.75. The number of carboxylic acids is 2. The fraction of sp³-hybridized carbons (Fsp3) is 0.538. The van der Waals surface area contributed by atoms with Crippen LogP contribution < -0.4 is 5.32 Å². The average molecular weight is 599 g/mol. The van der Waals surface area contributed by atoms with Crippen LogP contribution in [0, 0.1) is 6.92 Å². The normalized spacial score (nSPS) is 18.2. The summed E-state index contributed by atoms with van der Waals surface area (Å²) in [5.74, 6) is -5.51. The molecule has 1 aliphatic heterocycles. The molecule has 7 nitrogen and oxygen atoms in total. The number of benzene rings is 1. The molecule has 2 aromatic rings. The smallest absolute Gasteiger partial charge is 0.475 e. The molecule has 0 radical (unpaired) electrons. The number of methoxy groups -OCH3 is 1. The Kier molecular flexibility index (Phi) is 12.0. The van der Waals surface area contributed by atoms with Crippen molar-refractivity contribution in [3.63, 3.8) is 0 Å². The lowest BCUT2D eigenvalue weighted by Gasteiger charge is -2.40. The number of likely N-dealkylation sites (tertiary alicyclic amines) is 1. The van der Waals surface area contributed by atoms with Crippen LogP contribution in [0.4, 0.5) is 26.3 Å². The third-order valence-corrected chi connectivity index (χ3v) is 7.73. The molecule has 3 N–H and O–H groups in total. The molecule has 1 saturated heterocycles. The van der Waals surface area contributed by atoms with Gasteiger partial charge in [0.05, 0.1) is 6.61 Å². The van der Waals surface area contributed by atoms with Crippen LogP contribution in [0.2, 0.25) is 0 Å². The SMILES string of the molecule is COCCN1CCC2(CC1)CC(NCc1ccc(C)s1)c1ccccc12.O=C(O)C(F)(F)F.O=C(O)C(F)(F)F. The average Bonchev–Trinajstić information content (AvgIpc) is 3.43. The number of ether oxygens (including phenoxy) is 1. The molecule has 1 aliphatic carbocycles. The molecular weight excluding hydrogens is 566 g/mol. The lowest BCUT2D eigenvalue weighted by molar-refractivity contribution is -0.193. The first kappa shape index (κ1) is 33.5. The molecule has 2 heterocycles. The Morgan fingerprint density at radius 2 is 1.57 bits per heavy atom. The number of carboxylic acid groups (broad SMARTS) is 2. The van der Waals surface area contributed by atoms with Gasteiger partial charge in [0.25, 0.3) is 0 Å². The van der Waals surface area contributed by atoms with E-state index in [4.69, 9.17) is 24.5 Å². The van der Waals surface area contributed by atoms with Gasteiger partial charge in [-0.05, 0) is 68.0 Å². The molecule has 0 bridgehead atoms. The van der Waals surface area contributed by atoms with Gasteiger partial charge < -0.3 is 25.2 Å². The van der Waals surface area contributed by atoms with Gasteiger partial charge in [-0.15, -0.1) is 11.3 Å². The molecule has 1 atom stereocenters. The quantitative estimate of drug-likeness (QED) is 0.376. The minimum atomic E-state index is -5.08. The van der Waals surface area contributed by atoms with Gasteiger partial charge in [0.15, 0.2) is 0 Å². The van der Waals surface area contributed by atoms with E-state index in [1.807, 2.05) is 11.3 Å². The number of thiophene rings is 1. The van der Waals surface area contributed by atoms with Crippen LogP contribution in [-0.4, -0.2) is 72.8 Å². The zero-order valence-corrected chi connectivity index (χ0v) is 22.8. The molecule has 1 spiro atoms. The molecule has 14 heteroatoms. The summed E-state index contributed by atoms with van der Waals surface area (Å²) in [5.41, 5.74) is 3.50. The van der Waals surface area contributed by atoms with Crippen molar-refractivity contribution >= 4 is 23.3 Å². The van der Waals surface area contributed by atoms with Crippen LogP contribution in [0.3, 0.4) is 0 Å². The van der Waals surface area contributed by atoms with E-state index in [1.165, 1.54) is 47.7 Å². The Labute approximate surface area is 231 Å². The lowest BCUT2D eigenvalue weighted by atomic mass is 9.73. The summed E-state index contributed by atoms with van der Waals surface area (Å²) < 4.78 is 68.7. The van der Waals surface area contributed by atoms with Gasteiger partial charge in [-0.3, -0.25) is 0 Å². The van der Waals surface area contributed by atoms with Gasteiger partial charge in [0, 0.05) is 36.0 Å². The third-order valence-electron chi connectivity index (χ3n) is 6.73. The molecule has 1 fully saturated rings. The Morgan fingerprint density at radius 3 is 2.05 bits per heavy atom. The number of fused-ring (bicyclic) bond motifs is 2. The summed E-state index contributed by atoms with van der Waals surface area (Å²) in [4.78, 5) is 23.2. The van der Waals surface area contributed by atoms with E-state index in [0.717, 1.165) is 19.7 Å². The van der Waals surface area contributed by atoms with Crippen molar-refractivity contribution in [1.82, 2.24) is 10.2 Å². The molecule has 1 unspecified atom stereocenters. The summed E-state index contributed by atoms with van der Waals surface area (Å²) in [6.45, 7) is 7.45. The number of aliphatic carboxylic acids is 2. The number of rotatable bonds is 6. The zero-order chi connectivity index (χ0) is 30.1. The first-order valence-corrected chi connectivity index (χ1v) is 13.1. The monoisotopic (exact) mass is 598 g/mol. The summed E-state index contributed by atoms with van der Waals surface area (Å²) >= 11 is 1.91. The van der Waals surface area contributed by atoms with E-state index in [1.54, 1.807) is 12.7 Å². The molecule has 224 valence electrons.